The van der Waals surface area contributed by atoms with Gasteiger partial charge in [0.1, 0.15) is 5.52 Å². The summed E-state index contributed by atoms with van der Waals surface area (Å²) in [6.45, 7) is 9.09. The minimum absolute atomic E-state index is 0.127. The molecule has 3 rings (SSSR count). The van der Waals surface area contributed by atoms with E-state index in [1.807, 2.05) is 38.4 Å². The maximum atomic E-state index is 12.4. The summed E-state index contributed by atoms with van der Waals surface area (Å²) in [6.07, 6.45) is 0.271. The van der Waals surface area contributed by atoms with Gasteiger partial charge in [0.25, 0.3) is 0 Å². The Morgan fingerprint density at radius 3 is 2.68 bits per heavy atom. The predicted molar refractivity (Wildman–Crippen MR) is 112 cm³/mol. The van der Waals surface area contributed by atoms with Gasteiger partial charge in [-0.2, -0.15) is 0 Å². The molecule has 0 amide bonds. The molecule has 0 spiro atoms. The molecule has 0 saturated heterocycles. The lowest BCUT2D eigenvalue weighted by Gasteiger charge is -2.21. The van der Waals surface area contributed by atoms with Gasteiger partial charge in [-0.05, 0) is 61.6 Å². The topological polar surface area (TPSA) is 57.0 Å². The number of ether oxygens (including phenoxy) is 1. The Kier molecular flexibility index (Phi) is 6.35. The number of halogens is 1. The van der Waals surface area contributed by atoms with Crippen molar-refractivity contribution in [3.8, 4) is 0 Å². The van der Waals surface area contributed by atoms with Gasteiger partial charge in [0.05, 0.1) is 18.5 Å². The molecule has 0 radical (unpaired) electrons. The van der Waals surface area contributed by atoms with E-state index in [1.165, 1.54) is 0 Å². The van der Waals surface area contributed by atoms with Gasteiger partial charge in [-0.15, -0.1) is 16.7 Å². The number of fused-ring (bicyclic) bond motifs is 1. The first-order chi connectivity index (χ1) is 13.5. The van der Waals surface area contributed by atoms with Crippen LogP contribution >= 0.6 is 11.6 Å². The van der Waals surface area contributed by atoms with E-state index in [1.54, 1.807) is 0 Å². The van der Waals surface area contributed by atoms with Crippen molar-refractivity contribution in [3.63, 3.8) is 0 Å². The van der Waals surface area contributed by atoms with Gasteiger partial charge in [-0.1, -0.05) is 29.5 Å². The zero-order valence-corrected chi connectivity index (χ0v) is 17.6. The number of carbonyl (C=O) groups excluding carboxylic acids is 1. The summed E-state index contributed by atoms with van der Waals surface area (Å²) in [5, 5.41) is 8.60. The van der Waals surface area contributed by atoms with Gasteiger partial charge >= 0.3 is 5.97 Å². The number of rotatable bonds is 7. The Bertz CT molecular complexity index is 997. The number of alkyl halides is 1. The maximum absolute atomic E-state index is 12.4. The average molecular weight is 400 g/mol. The van der Waals surface area contributed by atoms with E-state index in [-0.39, 0.29) is 18.3 Å². The minimum atomic E-state index is -0.211. The van der Waals surface area contributed by atoms with Crippen LogP contribution in [0.3, 0.4) is 0 Å². The molecule has 0 bridgehead atoms. The number of aromatic nitrogens is 3. The number of hydrogen-bond donors (Lipinski definition) is 0. The summed E-state index contributed by atoms with van der Waals surface area (Å²) in [5.41, 5.74) is 7.25. The van der Waals surface area contributed by atoms with Crippen molar-refractivity contribution >= 4 is 28.6 Å². The van der Waals surface area contributed by atoms with E-state index < -0.39 is 0 Å². The van der Waals surface area contributed by atoms with Gasteiger partial charge in [0, 0.05) is 18.3 Å². The molecule has 148 valence electrons. The number of nitrogens with zero attached hydrogens (tertiary/aromatic N) is 3. The summed E-state index contributed by atoms with van der Waals surface area (Å²) in [4.78, 5) is 12.4. The fourth-order valence-electron chi connectivity index (χ4n) is 3.64. The highest BCUT2D eigenvalue weighted by molar-refractivity contribution is 6.17. The average Bonchev–Trinajstić information content (AvgIpc) is 3.11. The molecule has 5 nitrogen and oxygen atoms in total. The molecule has 1 unspecified atom stereocenters. The van der Waals surface area contributed by atoms with Gasteiger partial charge < -0.3 is 4.74 Å². The van der Waals surface area contributed by atoms with Crippen molar-refractivity contribution in [2.24, 2.45) is 0 Å². The third kappa shape index (κ3) is 3.90. The number of benzene rings is 2. The van der Waals surface area contributed by atoms with Crippen LogP contribution in [0, 0.1) is 13.8 Å². The van der Waals surface area contributed by atoms with Crippen molar-refractivity contribution in [1.29, 1.82) is 0 Å². The Morgan fingerprint density at radius 2 is 2.00 bits per heavy atom. The van der Waals surface area contributed by atoms with Crippen molar-refractivity contribution in [3.05, 3.63) is 58.1 Å². The molecular weight excluding hydrogens is 374 g/mol. The highest BCUT2D eigenvalue weighted by Crippen LogP contribution is 2.34. The molecule has 2 aromatic carbocycles. The van der Waals surface area contributed by atoms with Crippen molar-refractivity contribution in [2.45, 2.75) is 52.5 Å². The largest absolute Gasteiger partial charge is 0.466 e. The van der Waals surface area contributed by atoms with Crippen LogP contribution in [-0.2, 0) is 22.0 Å². The summed E-state index contributed by atoms with van der Waals surface area (Å²) in [5.74, 6) is 0.101. The molecule has 0 aliphatic carbocycles. The van der Waals surface area contributed by atoms with Crippen LogP contribution in [0.1, 0.15) is 54.0 Å². The van der Waals surface area contributed by atoms with Crippen LogP contribution in [0.25, 0.3) is 11.0 Å². The standard InChI is InChI=1S/C22H26ClN3O2/c1-5-26-20-10-9-18(15(4)22(20)24-25-26)19(12-21(27)28-6-2)16-8-7-14(3)17(11-16)13-23/h7-11,19H,5-6,12-13H2,1-4H3. The second-order valence-electron chi connectivity index (χ2n) is 6.93. The Balaban J connectivity index is 2.12. The van der Waals surface area contributed by atoms with E-state index in [4.69, 9.17) is 16.3 Å². The van der Waals surface area contributed by atoms with E-state index >= 15 is 0 Å². The monoisotopic (exact) mass is 399 g/mol. The molecule has 1 atom stereocenters. The normalized spacial score (nSPS) is 12.3. The lowest BCUT2D eigenvalue weighted by Crippen LogP contribution is -2.13. The number of aryl methyl sites for hydroxylation is 3. The zero-order chi connectivity index (χ0) is 20.3. The second kappa shape index (κ2) is 8.74. The van der Waals surface area contributed by atoms with E-state index in [9.17, 15) is 4.79 Å². The molecule has 1 aromatic heterocycles. The summed E-state index contributed by atoms with van der Waals surface area (Å²) in [7, 11) is 0. The van der Waals surface area contributed by atoms with Gasteiger partial charge in [-0.25, -0.2) is 4.68 Å². The first kappa shape index (κ1) is 20.3. The van der Waals surface area contributed by atoms with Crippen LogP contribution in [0.5, 0.6) is 0 Å². The second-order valence-corrected chi connectivity index (χ2v) is 7.20. The predicted octanol–water partition coefficient (Wildman–Crippen LogP) is 4.89. The van der Waals surface area contributed by atoms with Gasteiger partial charge in [-0.3, -0.25) is 4.79 Å². The highest BCUT2D eigenvalue weighted by atomic mass is 35.5. The smallest absolute Gasteiger partial charge is 0.306 e. The summed E-state index contributed by atoms with van der Waals surface area (Å²) < 4.78 is 7.13. The first-order valence-corrected chi connectivity index (χ1v) is 10.2. The number of esters is 1. The fourth-order valence-corrected chi connectivity index (χ4v) is 3.93. The zero-order valence-electron chi connectivity index (χ0n) is 16.8. The van der Waals surface area contributed by atoms with Crippen molar-refractivity contribution in [2.75, 3.05) is 6.61 Å². The lowest BCUT2D eigenvalue weighted by molar-refractivity contribution is -0.143. The van der Waals surface area contributed by atoms with Crippen molar-refractivity contribution in [1.82, 2.24) is 15.0 Å². The Labute approximate surface area is 170 Å². The van der Waals surface area contributed by atoms with Gasteiger partial charge in [0.2, 0.25) is 0 Å². The fraction of sp³-hybridized carbons (Fsp3) is 0.409. The maximum Gasteiger partial charge on any atom is 0.306 e. The third-order valence-electron chi connectivity index (χ3n) is 5.25. The SMILES string of the molecule is CCOC(=O)CC(c1ccc(C)c(CCl)c1)c1ccc2c(nnn2CC)c1C. The molecule has 0 aliphatic rings. The van der Waals surface area contributed by atoms with Gasteiger partial charge in [0.15, 0.2) is 0 Å². The van der Waals surface area contributed by atoms with Crippen LogP contribution in [0.15, 0.2) is 30.3 Å². The van der Waals surface area contributed by atoms with E-state index in [0.717, 1.165) is 45.4 Å². The van der Waals surface area contributed by atoms with Crippen LogP contribution in [0.4, 0.5) is 0 Å². The van der Waals surface area contributed by atoms with E-state index in [2.05, 4.69) is 34.6 Å². The van der Waals surface area contributed by atoms with Crippen molar-refractivity contribution < 1.29 is 9.53 Å². The first-order valence-electron chi connectivity index (χ1n) is 9.63. The molecular formula is C22H26ClN3O2. The molecule has 3 aromatic rings. The number of hydrogen-bond acceptors (Lipinski definition) is 4. The third-order valence-corrected chi connectivity index (χ3v) is 5.54. The minimum Gasteiger partial charge on any atom is -0.466 e. The summed E-state index contributed by atoms with van der Waals surface area (Å²) >= 11 is 6.13. The van der Waals surface area contributed by atoms with Crippen LogP contribution < -0.4 is 0 Å². The summed E-state index contributed by atoms with van der Waals surface area (Å²) in [6, 6.07) is 10.3. The van der Waals surface area contributed by atoms with Crippen LogP contribution in [0.2, 0.25) is 0 Å². The Morgan fingerprint density at radius 1 is 1.21 bits per heavy atom. The molecule has 1 heterocycles. The molecule has 28 heavy (non-hydrogen) atoms. The highest BCUT2D eigenvalue weighted by Gasteiger charge is 2.23. The molecule has 0 N–H and O–H groups in total. The quantitative estimate of drug-likeness (QED) is 0.419. The number of carbonyl (C=O) groups is 1. The molecule has 6 heteroatoms. The molecule has 0 saturated carbocycles. The van der Waals surface area contributed by atoms with Crippen LogP contribution in [-0.4, -0.2) is 27.6 Å². The lowest BCUT2D eigenvalue weighted by atomic mass is 9.84. The van der Waals surface area contributed by atoms with E-state index in [0.29, 0.717) is 12.5 Å². The molecule has 0 aliphatic heterocycles. The Hall–Kier alpha value is -2.40. The molecule has 0 fully saturated rings.